The van der Waals surface area contributed by atoms with Gasteiger partial charge in [0.25, 0.3) is 11.8 Å². The fraction of sp³-hybridized carbons (Fsp3) is 0.286. The van der Waals surface area contributed by atoms with E-state index in [2.05, 4.69) is 20.5 Å². The number of halogens is 2. The van der Waals surface area contributed by atoms with Gasteiger partial charge in [-0.1, -0.05) is 18.2 Å². The lowest BCUT2D eigenvalue weighted by Gasteiger charge is -2.14. The van der Waals surface area contributed by atoms with E-state index in [9.17, 15) is 18.4 Å². The quantitative estimate of drug-likeness (QED) is 0.431. The number of hydrogen-bond donors (Lipinski definition) is 3. The number of nitrogens with one attached hydrogen (secondary N) is 3. The summed E-state index contributed by atoms with van der Waals surface area (Å²) in [5.41, 5.74) is 3.80. The second-order valence-corrected chi connectivity index (χ2v) is 9.31. The van der Waals surface area contributed by atoms with Crippen LogP contribution in [0.15, 0.2) is 36.4 Å². The summed E-state index contributed by atoms with van der Waals surface area (Å²) in [7, 11) is 0. The molecular formula is C28H28F2N4O2. The molecule has 0 atom stereocenters. The number of carbonyl (C=O) groups is 2. The first-order valence-corrected chi connectivity index (χ1v) is 12.2. The lowest BCUT2D eigenvalue weighted by Crippen LogP contribution is -2.33. The van der Waals surface area contributed by atoms with Crippen LogP contribution in [0.1, 0.15) is 45.7 Å². The van der Waals surface area contributed by atoms with Crippen molar-refractivity contribution in [2.45, 2.75) is 26.7 Å². The number of nitrogens with zero attached hydrogens (tertiary/aromatic N) is 1. The van der Waals surface area contributed by atoms with Crippen LogP contribution >= 0.6 is 0 Å². The minimum absolute atomic E-state index is 0.171. The van der Waals surface area contributed by atoms with E-state index in [4.69, 9.17) is 0 Å². The predicted octanol–water partition coefficient (Wildman–Crippen LogP) is 4.90. The predicted molar refractivity (Wildman–Crippen MR) is 137 cm³/mol. The number of aromatic nitrogens is 1. The maximum Gasteiger partial charge on any atom is 0.256 e. The molecule has 0 bridgehead atoms. The lowest BCUT2D eigenvalue weighted by atomic mass is 9.93. The number of aryl methyl sites for hydroxylation is 1. The van der Waals surface area contributed by atoms with E-state index in [-0.39, 0.29) is 28.5 Å². The van der Waals surface area contributed by atoms with Crippen LogP contribution in [0.4, 0.5) is 14.5 Å². The van der Waals surface area contributed by atoms with Gasteiger partial charge in [-0.05, 0) is 75.2 Å². The Morgan fingerprint density at radius 2 is 1.75 bits per heavy atom. The first-order chi connectivity index (χ1) is 17.3. The average molecular weight is 491 g/mol. The van der Waals surface area contributed by atoms with Crippen LogP contribution in [0.25, 0.3) is 22.8 Å². The van der Waals surface area contributed by atoms with E-state index >= 15 is 0 Å². The normalized spacial score (nSPS) is 16.4. The highest BCUT2D eigenvalue weighted by molar-refractivity contribution is 6.36. The lowest BCUT2D eigenvalue weighted by molar-refractivity contribution is -0.110. The van der Waals surface area contributed by atoms with Crippen molar-refractivity contribution in [3.8, 4) is 11.1 Å². The van der Waals surface area contributed by atoms with Gasteiger partial charge in [-0.2, -0.15) is 0 Å². The minimum atomic E-state index is -0.707. The second kappa shape index (κ2) is 9.70. The van der Waals surface area contributed by atoms with Gasteiger partial charge in [0.05, 0.1) is 16.7 Å². The highest BCUT2D eigenvalue weighted by atomic mass is 19.1. The summed E-state index contributed by atoms with van der Waals surface area (Å²) in [4.78, 5) is 31.4. The molecule has 186 valence electrons. The van der Waals surface area contributed by atoms with Gasteiger partial charge in [0.15, 0.2) is 0 Å². The fourth-order valence-corrected chi connectivity index (χ4v) is 5.18. The molecule has 2 aliphatic heterocycles. The Balaban J connectivity index is 1.48. The number of H-pyrrole nitrogens is 1. The Morgan fingerprint density at radius 3 is 2.47 bits per heavy atom. The van der Waals surface area contributed by atoms with Crippen molar-refractivity contribution in [2.75, 3.05) is 31.5 Å². The Hall–Kier alpha value is -3.78. The van der Waals surface area contributed by atoms with Crippen LogP contribution in [0.5, 0.6) is 0 Å². The molecule has 3 aromatic rings. The largest absolute Gasteiger partial charge is 0.358 e. The van der Waals surface area contributed by atoms with Gasteiger partial charge >= 0.3 is 0 Å². The zero-order valence-electron chi connectivity index (χ0n) is 20.3. The number of carbonyl (C=O) groups excluding carboxylic acids is 2. The number of anilines is 1. The number of amides is 2. The Labute approximate surface area is 208 Å². The van der Waals surface area contributed by atoms with E-state index in [0.717, 1.165) is 19.6 Å². The van der Waals surface area contributed by atoms with E-state index in [1.807, 2.05) is 13.8 Å². The summed E-state index contributed by atoms with van der Waals surface area (Å²) >= 11 is 0. The van der Waals surface area contributed by atoms with Crippen LogP contribution in [0.2, 0.25) is 0 Å². The number of benzene rings is 2. The molecule has 0 spiro atoms. The van der Waals surface area contributed by atoms with Crippen molar-refractivity contribution in [2.24, 2.45) is 0 Å². The number of fused-ring (bicyclic) bond motifs is 1. The van der Waals surface area contributed by atoms with Crippen molar-refractivity contribution >= 4 is 29.2 Å². The third-order valence-corrected chi connectivity index (χ3v) is 6.96. The van der Waals surface area contributed by atoms with Crippen molar-refractivity contribution < 1.29 is 18.4 Å². The summed E-state index contributed by atoms with van der Waals surface area (Å²) < 4.78 is 29.3. The van der Waals surface area contributed by atoms with Crippen molar-refractivity contribution in [3.05, 3.63) is 76.1 Å². The Kier molecular flexibility index (Phi) is 6.45. The van der Waals surface area contributed by atoms with Gasteiger partial charge < -0.3 is 20.5 Å². The van der Waals surface area contributed by atoms with Gasteiger partial charge in [-0.3, -0.25) is 9.59 Å². The van der Waals surface area contributed by atoms with Gasteiger partial charge in [-0.25, -0.2) is 8.78 Å². The smallest absolute Gasteiger partial charge is 0.256 e. The maximum atomic E-state index is 14.6. The van der Waals surface area contributed by atoms with Crippen molar-refractivity contribution in [1.82, 2.24) is 15.2 Å². The van der Waals surface area contributed by atoms with Crippen LogP contribution < -0.4 is 10.6 Å². The molecule has 2 aromatic carbocycles. The molecule has 6 nitrogen and oxygen atoms in total. The van der Waals surface area contributed by atoms with E-state index in [0.29, 0.717) is 40.3 Å². The maximum absolute atomic E-state index is 14.6. The number of aromatic amines is 1. The second-order valence-electron chi connectivity index (χ2n) is 9.31. The zero-order chi connectivity index (χ0) is 25.4. The number of rotatable bonds is 6. The van der Waals surface area contributed by atoms with Crippen LogP contribution in [0.3, 0.4) is 0 Å². The topological polar surface area (TPSA) is 77.2 Å². The number of hydrogen-bond acceptors (Lipinski definition) is 3. The molecule has 2 aliphatic rings. The molecule has 1 aromatic heterocycles. The molecule has 5 rings (SSSR count). The van der Waals surface area contributed by atoms with Gasteiger partial charge in [0.2, 0.25) is 0 Å². The number of likely N-dealkylation sites (tertiary alicyclic amines) is 1. The van der Waals surface area contributed by atoms with E-state index in [1.165, 1.54) is 31.0 Å². The first kappa shape index (κ1) is 23.9. The first-order valence-electron chi connectivity index (χ1n) is 12.2. The van der Waals surface area contributed by atoms with Crippen molar-refractivity contribution in [3.63, 3.8) is 0 Å². The molecule has 0 saturated carbocycles. The van der Waals surface area contributed by atoms with Gasteiger partial charge in [0.1, 0.15) is 11.6 Å². The molecule has 0 radical (unpaired) electrons. The monoisotopic (exact) mass is 490 g/mol. The molecule has 2 amide bonds. The van der Waals surface area contributed by atoms with Crippen molar-refractivity contribution in [1.29, 1.82) is 0 Å². The Morgan fingerprint density at radius 1 is 1.06 bits per heavy atom. The summed E-state index contributed by atoms with van der Waals surface area (Å²) in [6, 6.07) is 8.64. The van der Waals surface area contributed by atoms with Crippen LogP contribution in [-0.2, 0) is 4.79 Å². The molecule has 3 heterocycles. The SMILES string of the molecule is Cc1[nH]c(/C=C2\C(=O)Nc3cccc(-c4c(F)cccc4F)c32)c(C)c1C(=O)NCCN1CCCC1. The fourth-order valence-electron chi connectivity index (χ4n) is 5.18. The summed E-state index contributed by atoms with van der Waals surface area (Å²) in [5.74, 6) is -1.96. The van der Waals surface area contributed by atoms with E-state index in [1.54, 1.807) is 24.3 Å². The summed E-state index contributed by atoms with van der Waals surface area (Å²) in [5, 5.41) is 5.78. The minimum Gasteiger partial charge on any atom is -0.358 e. The molecule has 8 heteroatoms. The average Bonchev–Trinajstić information content (AvgIpc) is 3.53. The Bertz CT molecular complexity index is 1370. The third-order valence-electron chi connectivity index (χ3n) is 6.96. The molecular weight excluding hydrogens is 462 g/mol. The highest BCUT2D eigenvalue weighted by Gasteiger charge is 2.30. The highest BCUT2D eigenvalue weighted by Crippen LogP contribution is 2.42. The summed E-state index contributed by atoms with van der Waals surface area (Å²) in [6.45, 7) is 7.15. The zero-order valence-corrected chi connectivity index (χ0v) is 20.3. The van der Waals surface area contributed by atoms with Gasteiger partial charge in [0, 0.05) is 35.7 Å². The third kappa shape index (κ3) is 4.33. The van der Waals surface area contributed by atoms with Crippen LogP contribution in [0, 0.1) is 25.5 Å². The van der Waals surface area contributed by atoms with Crippen LogP contribution in [-0.4, -0.2) is 47.9 Å². The molecule has 36 heavy (non-hydrogen) atoms. The molecule has 1 fully saturated rings. The van der Waals surface area contributed by atoms with E-state index < -0.39 is 11.6 Å². The molecule has 0 unspecified atom stereocenters. The molecule has 3 N–H and O–H groups in total. The molecule has 1 saturated heterocycles. The standard InChI is InChI=1S/C28H28F2N4O2/c1-16-23(32-17(2)24(16)28(36)31-11-14-34-12-3-4-13-34)15-19-25-18(7-5-10-22(25)33-27(19)35)26-20(29)8-6-9-21(26)30/h5-10,15,32H,3-4,11-14H2,1-2H3,(H,31,36)(H,33,35)/b19-15-. The summed E-state index contributed by atoms with van der Waals surface area (Å²) in [6.07, 6.45) is 4.04. The van der Waals surface area contributed by atoms with Gasteiger partial charge in [-0.15, -0.1) is 0 Å². The molecule has 0 aliphatic carbocycles.